The van der Waals surface area contributed by atoms with Gasteiger partial charge in [-0.3, -0.25) is 0 Å². The summed E-state index contributed by atoms with van der Waals surface area (Å²) in [6.07, 6.45) is 0.618. The van der Waals surface area contributed by atoms with E-state index in [-0.39, 0.29) is 35.4 Å². The van der Waals surface area contributed by atoms with Gasteiger partial charge in [-0.1, -0.05) is 6.92 Å². The third-order valence-electron chi connectivity index (χ3n) is 3.61. The molecule has 2 rings (SSSR count). The SMILES string of the molecule is CC1(CN)CCN(S(=O)(=O)c2cc(Br)c(F)cc2F)C1.Cl. The molecule has 1 fully saturated rings. The van der Waals surface area contributed by atoms with Crippen LogP contribution in [0.5, 0.6) is 0 Å². The molecular weight excluding hydrogens is 390 g/mol. The molecule has 0 spiro atoms. The van der Waals surface area contributed by atoms with Crippen molar-refractivity contribution in [2.45, 2.75) is 18.2 Å². The predicted octanol–water partition coefficient (Wildman–Crippen LogP) is 2.51. The van der Waals surface area contributed by atoms with Crippen LogP contribution in [0.1, 0.15) is 13.3 Å². The van der Waals surface area contributed by atoms with Crippen molar-refractivity contribution < 1.29 is 17.2 Å². The van der Waals surface area contributed by atoms with Crippen molar-refractivity contribution in [3.63, 3.8) is 0 Å². The zero-order valence-electron chi connectivity index (χ0n) is 11.3. The van der Waals surface area contributed by atoms with Crippen molar-refractivity contribution in [3.8, 4) is 0 Å². The third kappa shape index (κ3) is 3.56. The van der Waals surface area contributed by atoms with E-state index in [1.165, 1.54) is 4.31 Å². The Morgan fingerprint density at radius 3 is 2.52 bits per heavy atom. The molecule has 1 aromatic carbocycles. The lowest BCUT2D eigenvalue weighted by Crippen LogP contribution is -2.34. The lowest BCUT2D eigenvalue weighted by atomic mass is 9.90. The molecule has 0 bridgehead atoms. The third-order valence-corrected chi connectivity index (χ3v) is 6.08. The number of hydrogen-bond donors (Lipinski definition) is 1. The molecule has 21 heavy (non-hydrogen) atoms. The second kappa shape index (κ2) is 6.45. The molecule has 1 atom stereocenters. The molecule has 120 valence electrons. The first-order valence-electron chi connectivity index (χ1n) is 6.04. The Morgan fingerprint density at radius 2 is 2.00 bits per heavy atom. The van der Waals surface area contributed by atoms with Gasteiger partial charge in [-0.15, -0.1) is 12.4 Å². The van der Waals surface area contributed by atoms with Crippen LogP contribution in [-0.4, -0.2) is 32.4 Å². The van der Waals surface area contributed by atoms with Crippen LogP contribution in [0, 0.1) is 17.0 Å². The quantitative estimate of drug-likeness (QED) is 0.786. The topological polar surface area (TPSA) is 63.4 Å². The van der Waals surface area contributed by atoms with E-state index < -0.39 is 26.6 Å². The molecule has 2 N–H and O–H groups in total. The Balaban J connectivity index is 0.00000220. The van der Waals surface area contributed by atoms with Crippen molar-refractivity contribution in [1.29, 1.82) is 0 Å². The van der Waals surface area contributed by atoms with E-state index in [0.29, 0.717) is 19.0 Å². The van der Waals surface area contributed by atoms with E-state index in [1.54, 1.807) is 0 Å². The van der Waals surface area contributed by atoms with Crippen LogP contribution in [0.15, 0.2) is 21.5 Å². The number of nitrogens with zero attached hydrogens (tertiary/aromatic N) is 1. The van der Waals surface area contributed by atoms with Gasteiger partial charge in [0.25, 0.3) is 0 Å². The van der Waals surface area contributed by atoms with Crippen LogP contribution < -0.4 is 5.73 Å². The summed E-state index contributed by atoms with van der Waals surface area (Å²) >= 11 is 2.87. The number of hydrogen-bond acceptors (Lipinski definition) is 3. The van der Waals surface area contributed by atoms with Gasteiger partial charge >= 0.3 is 0 Å². The molecule has 1 aliphatic rings. The highest BCUT2D eigenvalue weighted by Gasteiger charge is 2.40. The number of sulfonamides is 1. The fourth-order valence-corrected chi connectivity index (χ4v) is 4.35. The van der Waals surface area contributed by atoms with Gasteiger partial charge in [0, 0.05) is 19.2 Å². The normalized spacial score (nSPS) is 23.1. The highest BCUT2D eigenvalue weighted by molar-refractivity contribution is 9.10. The molecule has 4 nitrogen and oxygen atoms in total. The van der Waals surface area contributed by atoms with Gasteiger partial charge < -0.3 is 5.73 Å². The Kier molecular flexibility index (Phi) is 5.77. The average Bonchev–Trinajstić information content (AvgIpc) is 2.78. The van der Waals surface area contributed by atoms with E-state index in [1.807, 2.05) is 6.92 Å². The maximum Gasteiger partial charge on any atom is 0.246 e. The van der Waals surface area contributed by atoms with E-state index in [2.05, 4.69) is 15.9 Å². The van der Waals surface area contributed by atoms with E-state index in [9.17, 15) is 17.2 Å². The summed E-state index contributed by atoms with van der Waals surface area (Å²) in [6, 6.07) is 1.52. The van der Waals surface area contributed by atoms with Crippen molar-refractivity contribution in [1.82, 2.24) is 4.31 Å². The van der Waals surface area contributed by atoms with Gasteiger partial charge in [-0.25, -0.2) is 17.2 Å². The Hall–Kier alpha value is -0.280. The second-order valence-corrected chi connectivity index (χ2v) is 8.06. The summed E-state index contributed by atoms with van der Waals surface area (Å²) in [6.45, 7) is 2.76. The van der Waals surface area contributed by atoms with Crippen LogP contribution in [-0.2, 0) is 10.0 Å². The van der Waals surface area contributed by atoms with Gasteiger partial charge in [-0.05, 0) is 40.4 Å². The molecule has 1 aliphatic heterocycles. The Bertz CT molecular complexity index is 644. The zero-order chi connectivity index (χ0) is 15.1. The first-order valence-corrected chi connectivity index (χ1v) is 8.28. The second-order valence-electron chi connectivity index (χ2n) is 5.30. The van der Waals surface area contributed by atoms with Gasteiger partial charge in [0.2, 0.25) is 10.0 Å². The van der Waals surface area contributed by atoms with Gasteiger partial charge in [-0.2, -0.15) is 4.31 Å². The molecule has 0 aliphatic carbocycles. The molecule has 1 saturated heterocycles. The zero-order valence-corrected chi connectivity index (χ0v) is 14.5. The molecule has 1 unspecified atom stereocenters. The average molecular weight is 406 g/mol. The van der Waals surface area contributed by atoms with Crippen LogP contribution in [0.3, 0.4) is 0 Å². The Morgan fingerprint density at radius 1 is 1.38 bits per heavy atom. The molecular formula is C12H16BrClF2N2O2S. The maximum absolute atomic E-state index is 13.8. The van der Waals surface area contributed by atoms with Gasteiger partial charge in [0.1, 0.15) is 16.5 Å². The molecule has 0 radical (unpaired) electrons. The summed E-state index contributed by atoms with van der Waals surface area (Å²) in [5, 5.41) is 0. The van der Waals surface area contributed by atoms with E-state index >= 15 is 0 Å². The molecule has 0 saturated carbocycles. The number of rotatable bonds is 3. The van der Waals surface area contributed by atoms with Gasteiger partial charge in [0.05, 0.1) is 4.47 Å². The fourth-order valence-electron chi connectivity index (χ4n) is 2.19. The van der Waals surface area contributed by atoms with Crippen molar-refractivity contribution in [2.75, 3.05) is 19.6 Å². The number of nitrogens with two attached hydrogens (primary N) is 1. The number of halogens is 4. The van der Waals surface area contributed by atoms with Gasteiger partial charge in [0.15, 0.2) is 0 Å². The monoisotopic (exact) mass is 404 g/mol. The first-order chi connectivity index (χ1) is 9.19. The molecule has 9 heteroatoms. The summed E-state index contributed by atoms with van der Waals surface area (Å²) in [4.78, 5) is -0.521. The summed E-state index contributed by atoms with van der Waals surface area (Å²) < 4.78 is 52.9. The van der Waals surface area contributed by atoms with E-state index in [0.717, 1.165) is 6.07 Å². The molecule has 0 aromatic heterocycles. The van der Waals surface area contributed by atoms with Crippen molar-refractivity contribution in [2.24, 2.45) is 11.1 Å². The fraction of sp³-hybridized carbons (Fsp3) is 0.500. The lowest BCUT2D eigenvalue weighted by molar-refractivity contribution is 0.349. The minimum Gasteiger partial charge on any atom is -0.330 e. The van der Waals surface area contributed by atoms with Crippen LogP contribution in [0.4, 0.5) is 8.78 Å². The summed E-state index contributed by atoms with van der Waals surface area (Å²) in [7, 11) is -3.98. The minimum absolute atomic E-state index is 0. The van der Waals surface area contributed by atoms with Crippen molar-refractivity contribution >= 4 is 38.4 Å². The standard InChI is InChI=1S/C12H15BrF2N2O2S.ClH/c1-12(6-16)2-3-17(7-12)20(18,19)11-4-8(13)9(14)5-10(11)15;/h4-5H,2-3,6-7,16H2,1H3;1H. The molecule has 0 amide bonds. The highest BCUT2D eigenvalue weighted by Crippen LogP contribution is 2.34. The largest absolute Gasteiger partial charge is 0.330 e. The molecule has 1 aromatic rings. The van der Waals surface area contributed by atoms with Crippen LogP contribution in [0.25, 0.3) is 0 Å². The van der Waals surface area contributed by atoms with Crippen LogP contribution >= 0.6 is 28.3 Å². The van der Waals surface area contributed by atoms with Crippen molar-refractivity contribution in [3.05, 3.63) is 28.2 Å². The lowest BCUT2D eigenvalue weighted by Gasteiger charge is -2.22. The maximum atomic E-state index is 13.8. The smallest absolute Gasteiger partial charge is 0.246 e. The highest BCUT2D eigenvalue weighted by atomic mass is 79.9. The van der Waals surface area contributed by atoms with E-state index in [4.69, 9.17) is 5.73 Å². The minimum atomic E-state index is -3.98. The van der Waals surface area contributed by atoms with Crippen LogP contribution in [0.2, 0.25) is 0 Å². The summed E-state index contributed by atoms with van der Waals surface area (Å²) in [5.41, 5.74) is 5.33. The summed E-state index contributed by atoms with van der Waals surface area (Å²) in [5.74, 6) is -1.93. The predicted molar refractivity (Wildman–Crippen MR) is 81.8 cm³/mol. The molecule has 1 heterocycles. The Labute approximate surface area is 137 Å². The number of benzene rings is 1. The first kappa shape index (κ1) is 18.8.